The van der Waals surface area contributed by atoms with Gasteiger partial charge in [-0.2, -0.15) is 9.39 Å². The van der Waals surface area contributed by atoms with Gasteiger partial charge in [-0.05, 0) is 45.3 Å². The van der Waals surface area contributed by atoms with Crippen LogP contribution in [0.1, 0.15) is 11.1 Å². The van der Waals surface area contributed by atoms with Gasteiger partial charge in [0.15, 0.2) is 11.5 Å². The fraction of sp³-hybridized carbons (Fsp3) is 0.143. The number of carbonyl (C=O) groups is 1. The first-order valence-corrected chi connectivity index (χ1v) is 12.9. The van der Waals surface area contributed by atoms with Gasteiger partial charge in [0.2, 0.25) is 20.2 Å². The van der Waals surface area contributed by atoms with Crippen LogP contribution in [0.3, 0.4) is 0 Å². The Morgan fingerprint density at radius 1 is 1.24 bits per heavy atom. The van der Waals surface area contributed by atoms with Gasteiger partial charge in [0.25, 0.3) is 5.91 Å². The molecule has 0 aromatic heterocycles. The summed E-state index contributed by atoms with van der Waals surface area (Å²) in [5.41, 5.74) is 1.44. The minimum atomic E-state index is -3.72. The molecule has 4 rings (SSSR count). The Labute approximate surface area is 202 Å². The van der Waals surface area contributed by atoms with Crippen LogP contribution in [-0.4, -0.2) is 48.8 Å². The molecule has 0 fully saturated rings. The summed E-state index contributed by atoms with van der Waals surface area (Å²) in [5.74, 6) is -0.0839. The highest BCUT2D eigenvalue weighted by Crippen LogP contribution is 2.38. The molecule has 0 spiro atoms. The molecule has 2 aliphatic rings. The van der Waals surface area contributed by atoms with Gasteiger partial charge in [-0.1, -0.05) is 30.3 Å². The maximum Gasteiger partial charge on any atom is 0.283 e. The van der Waals surface area contributed by atoms with Crippen LogP contribution in [0.5, 0.6) is 11.5 Å². The molecule has 1 amide bonds. The smallest absolute Gasteiger partial charge is 0.283 e. The molecule has 9 nitrogen and oxygen atoms in total. The van der Waals surface area contributed by atoms with Crippen LogP contribution in [0, 0.1) is 5.41 Å². The van der Waals surface area contributed by atoms with E-state index in [4.69, 9.17) is 14.9 Å². The highest BCUT2D eigenvalue weighted by atomic mass is 79.9. The van der Waals surface area contributed by atoms with E-state index in [1.54, 1.807) is 12.1 Å². The molecule has 2 aromatic rings. The second kappa shape index (κ2) is 9.12. The third-order valence-electron chi connectivity index (χ3n) is 4.61. The van der Waals surface area contributed by atoms with E-state index in [1.165, 1.54) is 13.2 Å². The van der Waals surface area contributed by atoms with Gasteiger partial charge in [-0.3, -0.25) is 10.2 Å². The minimum absolute atomic E-state index is 0.0333. The van der Waals surface area contributed by atoms with Crippen LogP contribution in [-0.2, 0) is 21.2 Å². The van der Waals surface area contributed by atoms with Crippen molar-refractivity contribution in [3.63, 3.8) is 0 Å². The van der Waals surface area contributed by atoms with Crippen molar-refractivity contribution >= 4 is 65.9 Å². The van der Waals surface area contributed by atoms with Gasteiger partial charge in [0.05, 0.1) is 29.1 Å². The maximum atomic E-state index is 12.6. The van der Waals surface area contributed by atoms with Gasteiger partial charge in [0.1, 0.15) is 12.4 Å². The molecule has 0 bridgehead atoms. The van der Waals surface area contributed by atoms with E-state index < -0.39 is 15.7 Å². The molecule has 33 heavy (non-hydrogen) atoms. The van der Waals surface area contributed by atoms with Crippen LogP contribution < -0.4 is 9.47 Å². The van der Waals surface area contributed by atoms with Crippen LogP contribution in [0.4, 0.5) is 0 Å². The second-order valence-electron chi connectivity index (χ2n) is 6.99. The second-order valence-corrected chi connectivity index (χ2v) is 10.5. The Bertz CT molecular complexity index is 1350. The topological polar surface area (TPSA) is 121 Å². The lowest BCUT2D eigenvalue weighted by Crippen LogP contribution is -2.45. The number of nitrogens with zero attached hydrogens (tertiary/aromatic N) is 3. The molecule has 170 valence electrons. The molecule has 1 N–H and O–H groups in total. The number of aliphatic imine (C=N–C) groups is 1. The number of amidine groups is 3. The van der Waals surface area contributed by atoms with Gasteiger partial charge in [-0.15, -0.1) is 0 Å². The van der Waals surface area contributed by atoms with Gasteiger partial charge in [-0.25, -0.2) is 13.3 Å². The van der Waals surface area contributed by atoms with Crippen LogP contribution in [0.15, 0.2) is 61.9 Å². The van der Waals surface area contributed by atoms with Crippen molar-refractivity contribution < 1.29 is 22.7 Å². The van der Waals surface area contributed by atoms with Crippen molar-refractivity contribution in [3.8, 4) is 11.5 Å². The molecule has 0 unspecified atom stereocenters. The molecule has 0 saturated heterocycles. The lowest BCUT2D eigenvalue weighted by Gasteiger charge is -2.24. The third kappa shape index (κ3) is 4.72. The molecule has 2 heterocycles. The third-order valence-corrected chi connectivity index (χ3v) is 6.96. The summed E-state index contributed by atoms with van der Waals surface area (Å²) < 4.78 is 39.9. The van der Waals surface area contributed by atoms with Crippen LogP contribution in [0.25, 0.3) is 6.08 Å². The monoisotopic (exact) mass is 548 g/mol. The Balaban J connectivity index is 1.66. The fourth-order valence-corrected chi connectivity index (χ4v) is 5.52. The lowest BCUT2D eigenvalue weighted by molar-refractivity contribution is -0.114. The Morgan fingerprint density at radius 3 is 2.64 bits per heavy atom. The highest BCUT2D eigenvalue weighted by Gasteiger charge is 2.41. The summed E-state index contributed by atoms with van der Waals surface area (Å²) in [4.78, 5) is 17.5. The molecule has 0 atom stereocenters. The SMILES string of the molecule is COc1cc(/C=C2/C(=N)N3C(=NC2=O)SN=C3S(C)(=O)=O)cc(Br)c1OCc1ccccc1. The van der Waals surface area contributed by atoms with E-state index in [1.807, 2.05) is 30.3 Å². The Hall–Kier alpha value is -2.96. The van der Waals surface area contributed by atoms with Crippen molar-refractivity contribution in [1.29, 1.82) is 5.41 Å². The average molecular weight is 549 g/mol. The van der Waals surface area contributed by atoms with Gasteiger partial charge >= 0.3 is 0 Å². The number of benzene rings is 2. The van der Waals surface area contributed by atoms with Crippen molar-refractivity contribution in [3.05, 3.63) is 63.6 Å². The largest absolute Gasteiger partial charge is 0.493 e. The van der Waals surface area contributed by atoms with E-state index in [2.05, 4.69) is 25.3 Å². The van der Waals surface area contributed by atoms with E-state index in [9.17, 15) is 13.2 Å². The summed E-state index contributed by atoms with van der Waals surface area (Å²) in [5, 5.41) is 8.15. The number of carbonyl (C=O) groups excluding carboxylic acids is 1. The number of amides is 1. The number of sulfone groups is 1. The summed E-state index contributed by atoms with van der Waals surface area (Å²) in [6.07, 6.45) is 2.43. The summed E-state index contributed by atoms with van der Waals surface area (Å²) >= 11 is 4.22. The summed E-state index contributed by atoms with van der Waals surface area (Å²) in [6.45, 7) is 0.330. The average Bonchev–Trinajstić information content (AvgIpc) is 3.20. The number of rotatable bonds is 5. The lowest BCUT2D eigenvalue weighted by atomic mass is 10.1. The maximum absolute atomic E-state index is 12.6. The van der Waals surface area contributed by atoms with Crippen molar-refractivity contribution in [2.45, 2.75) is 6.61 Å². The van der Waals surface area contributed by atoms with E-state index in [0.717, 1.165) is 28.7 Å². The summed E-state index contributed by atoms with van der Waals surface area (Å²) in [6, 6.07) is 13.0. The van der Waals surface area contributed by atoms with Crippen molar-refractivity contribution in [2.24, 2.45) is 9.39 Å². The molecule has 2 aliphatic heterocycles. The minimum Gasteiger partial charge on any atom is -0.493 e. The Kier molecular flexibility index (Phi) is 6.41. The molecule has 2 aromatic carbocycles. The zero-order chi connectivity index (χ0) is 23.8. The fourth-order valence-electron chi connectivity index (χ4n) is 3.10. The Morgan fingerprint density at radius 2 is 1.97 bits per heavy atom. The zero-order valence-corrected chi connectivity index (χ0v) is 20.6. The van der Waals surface area contributed by atoms with Gasteiger partial charge < -0.3 is 9.47 Å². The predicted molar refractivity (Wildman–Crippen MR) is 131 cm³/mol. The first-order valence-electron chi connectivity index (χ1n) is 9.42. The molecule has 0 aliphatic carbocycles. The number of halogens is 1. The first-order chi connectivity index (χ1) is 15.7. The number of fused-ring (bicyclic) bond motifs is 1. The number of nitrogens with one attached hydrogen (secondary N) is 1. The normalized spacial score (nSPS) is 17.1. The molecule has 12 heteroatoms. The van der Waals surface area contributed by atoms with E-state index in [0.29, 0.717) is 28.1 Å². The van der Waals surface area contributed by atoms with Gasteiger partial charge in [0, 0.05) is 6.26 Å². The molecule has 0 radical (unpaired) electrons. The van der Waals surface area contributed by atoms with Crippen molar-refractivity contribution in [1.82, 2.24) is 4.90 Å². The van der Waals surface area contributed by atoms with E-state index >= 15 is 0 Å². The first kappa shape index (κ1) is 23.2. The zero-order valence-electron chi connectivity index (χ0n) is 17.4. The van der Waals surface area contributed by atoms with Crippen LogP contribution in [0.2, 0.25) is 0 Å². The number of hydrogen-bond acceptors (Lipinski definition) is 8. The molecular weight excluding hydrogens is 532 g/mol. The predicted octanol–water partition coefficient (Wildman–Crippen LogP) is 3.66. The molecule has 0 saturated carbocycles. The van der Waals surface area contributed by atoms with E-state index in [-0.39, 0.29) is 21.7 Å². The van der Waals surface area contributed by atoms with Crippen LogP contribution >= 0.6 is 27.9 Å². The number of hydrogen-bond donors (Lipinski definition) is 1. The van der Waals surface area contributed by atoms with Crippen molar-refractivity contribution in [2.75, 3.05) is 13.4 Å². The molecular formula is C21H17BrN4O5S2. The highest BCUT2D eigenvalue weighted by molar-refractivity contribution is 9.10. The number of ether oxygens (including phenoxy) is 2. The summed E-state index contributed by atoms with van der Waals surface area (Å²) in [7, 11) is -2.23. The standard InChI is InChI=1S/C21H17BrN4O5S2/c1-30-16-10-13(9-15(22)17(16)31-11-12-6-4-3-5-7-12)8-14-18(23)26-20(24-19(14)27)32-25-21(26)33(2,28)29/h3-10,23H,11H2,1-2H3/b14-8-,23-18?. The quantitative estimate of drug-likeness (QED) is 0.446. The number of methoxy groups -OCH3 is 1.